The number of ether oxygens (including phenoxy) is 1. The molecule has 0 aromatic heterocycles. The third-order valence-corrected chi connectivity index (χ3v) is 1.82. The number of nitrogen functional groups attached to an aromatic ring is 1. The van der Waals surface area contributed by atoms with E-state index in [4.69, 9.17) is 15.7 Å². The van der Waals surface area contributed by atoms with Crippen LogP contribution in [0, 0.1) is 11.3 Å². The smallest absolute Gasteiger partial charge is 0.311 e. The van der Waals surface area contributed by atoms with Crippen LogP contribution in [-0.4, -0.2) is 12.1 Å². The lowest BCUT2D eigenvalue weighted by atomic mass is 10.1. The highest BCUT2D eigenvalue weighted by Crippen LogP contribution is 2.07. The van der Waals surface area contributed by atoms with Gasteiger partial charge in [0, 0.05) is 5.69 Å². The monoisotopic (exact) mass is 204 g/mol. The molecule has 0 saturated carbocycles. The van der Waals surface area contributed by atoms with Crippen molar-refractivity contribution in [2.24, 2.45) is 0 Å². The molecule has 15 heavy (non-hydrogen) atoms. The number of benzene rings is 1. The summed E-state index contributed by atoms with van der Waals surface area (Å²) in [6.45, 7) is 1.53. The zero-order valence-corrected chi connectivity index (χ0v) is 8.43. The van der Waals surface area contributed by atoms with Crippen LogP contribution in [0.25, 0.3) is 0 Å². The number of carbonyl (C=O) groups excluding carboxylic acids is 1. The molecule has 0 aliphatic heterocycles. The van der Waals surface area contributed by atoms with Crippen molar-refractivity contribution < 1.29 is 9.53 Å². The summed E-state index contributed by atoms with van der Waals surface area (Å²) in [5.74, 6) is -0.408. The van der Waals surface area contributed by atoms with Gasteiger partial charge in [-0.25, -0.2) is 0 Å². The Hall–Kier alpha value is -2.02. The van der Waals surface area contributed by atoms with Crippen molar-refractivity contribution in [1.29, 1.82) is 5.26 Å². The predicted molar refractivity (Wildman–Crippen MR) is 55.7 cm³/mol. The third-order valence-electron chi connectivity index (χ3n) is 1.82. The van der Waals surface area contributed by atoms with Gasteiger partial charge in [0.15, 0.2) is 6.10 Å². The summed E-state index contributed by atoms with van der Waals surface area (Å²) in [5.41, 5.74) is 6.97. The summed E-state index contributed by atoms with van der Waals surface area (Å²) in [6, 6.07) is 8.78. The number of hydrogen-bond acceptors (Lipinski definition) is 4. The number of esters is 1. The van der Waals surface area contributed by atoms with Gasteiger partial charge in [0.1, 0.15) is 6.07 Å². The van der Waals surface area contributed by atoms with Gasteiger partial charge in [-0.1, -0.05) is 12.1 Å². The van der Waals surface area contributed by atoms with Crippen LogP contribution in [0.3, 0.4) is 0 Å². The normalized spacial score (nSPS) is 11.5. The first-order valence-electron chi connectivity index (χ1n) is 4.55. The van der Waals surface area contributed by atoms with Crippen molar-refractivity contribution >= 4 is 11.7 Å². The summed E-state index contributed by atoms with van der Waals surface area (Å²) < 4.78 is 4.80. The summed E-state index contributed by atoms with van der Waals surface area (Å²) in [5, 5.41) is 8.44. The number of hydrogen-bond donors (Lipinski definition) is 1. The second-order valence-corrected chi connectivity index (χ2v) is 3.18. The Morgan fingerprint density at radius 3 is 2.67 bits per heavy atom. The predicted octanol–water partition coefficient (Wildman–Crippen LogP) is 1.27. The molecule has 1 aromatic carbocycles. The summed E-state index contributed by atoms with van der Waals surface area (Å²) >= 11 is 0. The van der Waals surface area contributed by atoms with Gasteiger partial charge in [-0.3, -0.25) is 4.79 Å². The van der Waals surface area contributed by atoms with E-state index in [1.807, 2.05) is 6.07 Å². The second-order valence-electron chi connectivity index (χ2n) is 3.18. The van der Waals surface area contributed by atoms with Gasteiger partial charge >= 0.3 is 5.97 Å². The maximum absolute atomic E-state index is 11.3. The SMILES string of the molecule is CC(C#N)OC(=O)Cc1ccc(N)cc1. The standard InChI is InChI=1S/C11H12N2O2/c1-8(7-12)15-11(14)6-9-2-4-10(13)5-3-9/h2-5,8H,6,13H2,1H3. The minimum atomic E-state index is -0.703. The Morgan fingerprint density at radius 2 is 2.13 bits per heavy atom. The zero-order valence-electron chi connectivity index (χ0n) is 8.43. The molecule has 0 amide bonds. The van der Waals surface area contributed by atoms with Gasteiger partial charge in [-0.05, 0) is 24.6 Å². The molecule has 1 aromatic rings. The highest BCUT2D eigenvalue weighted by Gasteiger charge is 2.08. The molecule has 0 bridgehead atoms. The molecular weight excluding hydrogens is 192 g/mol. The van der Waals surface area contributed by atoms with Gasteiger partial charge in [0.2, 0.25) is 0 Å². The summed E-state index contributed by atoms with van der Waals surface area (Å²) in [6.07, 6.45) is -0.543. The van der Waals surface area contributed by atoms with Gasteiger partial charge in [0.05, 0.1) is 6.42 Å². The fourth-order valence-electron chi connectivity index (χ4n) is 1.07. The molecular formula is C11H12N2O2. The number of carbonyl (C=O) groups is 1. The minimum absolute atomic E-state index is 0.159. The number of nitrogens with two attached hydrogens (primary N) is 1. The van der Waals surface area contributed by atoms with Crippen LogP contribution in [0.5, 0.6) is 0 Å². The van der Waals surface area contributed by atoms with Crippen LogP contribution in [0.4, 0.5) is 5.69 Å². The van der Waals surface area contributed by atoms with Crippen LogP contribution in [0.15, 0.2) is 24.3 Å². The van der Waals surface area contributed by atoms with Crippen molar-refractivity contribution in [3.05, 3.63) is 29.8 Å². The van der Waals surface area contributed by atoms with E-state index in [0.717, 1.165) is 5.56 Å². The lowest BCUT2D eigenvalue weighted by molar-refractivity contribution is -0.145. The highest BCUT2D eigenvalue weighted by atomic mass is 16.5. The van der Waals surface area contributed by atoms with E-state index in [1.54, 1.807) is 24.3 Å². The van der Waals surface area contributed by atoms with Crippen LogP contribution in [0.1, 0.15) is 12.5 Å². The molecule has 1 rings (SSSR count). The van der Waals surface area contributed by atoms with Gasteiger partial charge in [-0.15, -0.1) is 0 Å². The van der Waals surface area contributed by atoms with Gasteiger partial charge in [-0.2, -0.15) is 5.26 Å². The van der Waals surface area contributed by atoms with E-state index < -0.39 is 12.1 Å². The topological polar surface area (TPSA) is 76.1 Å². The van der Waals surface area contributed by atoms with Crippen LogP contribution in [0.2, 0.25) is 0 Å². The van der Waals surface area contributed by atoms with E-state index in [1.165, 1.54) is 6.92 Å². The molecule has 0 saturated heterocycles. The van der Waals surface area contributed by atoms with Crippen molar-refractivity contribution in [2.45, 2.75) is 19.4 Å². The van der Waals surface area contributed by atoms with Crippen LogP contribution >= 0.6 is 0 Å². The Bertz CT molecular complexity index is 379. The Labute approximate surface area is 88.3 Å². The quantitative estimate of drug-likeness (QED) is 0.594. The fraction of sp³-hybridized carbons (Fsp3) is 0.273. The van der Waals surface area contributed by atoms with Gasteiger partial charge in [0.25, 0.3) is 0 Å². The molecule has 0 aliphatic rings. The zero-order chi connectivity index (χ0) is 11.3. The molecule has 4 heteroatoms. The number of nitrogens with zero attached hydrogens (tertiary/aromatic N) is 1. The van der Waals surface area contributed by atoms with E-state index in [0.29, 0.717) is 5.69 Å². The molecule has 0 aliphatic carbocycles. The molecule has 78 valence electrons. The molecule has 2 N–H and O–H groups in total. The van der Waals surface area contributed by atoms with Crippen molar-refractivity contribution in [1.82, 2.24) is 0 Å². The molecule has 0 spiro atoms. The minimum Gasteiger partial charge on any atom is -0.447 e. The lowest BCUT2D eigenvalue weighted by Crippen LogP contribution is -2.14. The molecule has 0 heterocycles. The van der Waals surface area contributed by atoms with Crippen molar-refractivity contribution in [3.8, 4) is 6.07 Å². The second kappa shape index (κ2) is 5.01. The van der Waals surface area contributed by atoms with E-state index in [9.17, 15) is 4.79 Å². The number of rotatable bonds is 3. The van der Waals surface area contributed by atoms with Crippen molar-refractivity contribution in [2.75, 3.05) is 5.73 Å². The maximum Gasteiger partial charge on any atom is 0.311 e. The van der Waals surface area contributed by atoms with E-state index in [-0.39, 0.29) is 6.42 Å². The first kappa shape index (κ1) is 11.1. The van der Waals surface area contributed by atoms with Crippen molar-refractivity contribution in [3.63, 3.8) is 0 Å². The molecule has 1 unspecified atom stereocenters. The maximum atomic E-state index is 11.3. The molecule has 0 radical (unpaired) electrons. The summed E-state index contributed by atoms with van der Waals surface area (Å²) in [4.78, 5) is 11.3. The molecule has 1 atom stereocenters. The van der Waals surface area contributed by atoms with E-state index >= 15 is 0 Å². The third kappa shape index (κ3) is 3.69. The Balaban J connectivity index is 2.52. The Morgan fingerprint density at radius 1 is 1.53 bits per heavy atom. The van der Waals surface area contributed by atoms with Gasteiger partial charge < -0.3 is 10.5 Å². The van der Waals surface area contributed by atoms with Crippen LogP contribution < -0.4 is 5.73 Å². The Kier molecular flexibility index (Phi) is 3.69. The molecule has 0 fully saturated rings. The number of nitriles is 1. The van der Waals surface area contributed by atoms with E-state index in [2.05, 4.69) is 0 Å². The largest absolute Gasteiger partial charge is 0.447 e. The lowest BCUT2D eigenvalue weighted by Gasteiger charge is -2.05. The summed E-state index contributed by atoms with van der Waals surface area (Å²) in [7, 11) is 0. The van der Waals surface area contributed by atoms with Crippen LogP contribution in [-0.2, 0) is 16.0 Å². The fourth-order valence-corrected chi connectivity index (χ4v) is 1.07. The first-order valence-corrected chi connectivity index (χ1v) is 4.55. The number of anilines is 1. The average Bonchev–Trinajstić information content (AvgIpc) is 2.21. The first-order chi connectivity index (χ1) is 7.11. The average molecular weight is 204 g/mol. The highest BCUT2D eigenvalue weighted by molar-refractivity contribution is 5.73. The molecule has 4 nitrogen and oxygen atoms in total.